The summed E-state index contributed by atoms with van der Waals surface area (Å²) in [4.78, 5) is 24.1. The van der Waals surface area contributed by atoms with E-state index in [-0.39, 0.29) is 6.29 Å². The second-order valence-electron chi connectivity index (χ2n) is 3.88. The monoisotopic (exact) mass is 246 g/mol. The molecule has 5 heteroatoms. The first-order chi connectivity index (χ1) is 8.74. The molecule has 0 aliphatic carbocycles. The van der Waals surface area contributed by atoms with Crippen molar-refractivity contribution < 1.29 is 14.3 Å². The van der Waals surface area contributed by atoms with E-state index in [1.54, 1.807) is 7.11 Å². The number of carbonyl (C=O) groups is 2. The molecule has 1 aromatic heterocycles. The molecule has 1 amide bonds. The predicted molar refractivity (Wildman–Crippen MR) is 67.6 cm³/mol. The third kappa shape index (κ3) is 2.51. The normalized spacial score (nSPS) is 10.3. The van der Waals surface area contributed by atoms with E-state index in [4.69, 9.17) is 4.74 Å². The first-order valence-electron chi connectivity index (χ1n) is 5.61. The molecule has 0 spiro atoms. The quantitative estimate of drug-likeness (QED) is 0.611. The van der Waals surface area contributed by atoms with Gasteiger partial charge in [-0.25, -0.2) is 0 Å². The summed E-state index contributed by atoms with van der Waals surface area (Å²) >= 11 is 0. The standard InChI is InChI=1S/C13H14N2O3/c1-18-10-2-3-12-11(6-10)9(7-15-12)4-5-14-13(17)8-16/h2-3,6-8,15H,4-5H2,1H3,(H,14,17). The molecule has 94 valence electrons. The van der Waals surface area contributed by atoms with Gasteiger partial charge in [-0.15, -0.1) is 0 Å². The number of hydrogen-bond donors (Lipinski definition) is 2. The van der Waals surface area contributed by atoms with E-state index in [2.05, 4.69) is 10.3 Å². The summed E-state index contributed by atoms with van der Waals surface area (Å²) in [6.07, 6.45) is 2.84. The van der Waals surface area contributed by atoms with Crippen molar-refractivity contribution in [2.45, 2.75) is 6.42 Å². The molecule has 1 heterocycles. The molecule has 0 aliphatic heterocycles. The van der Waals surface area contributed by atoms with E-state index in [9.17, 15) is 9.59 Å². The molecule has 2 rings (SSSR count). The SMILES string of the molecule is COc1ccc2[nH]cc(CCNC(=O)C=O)c2c1. The summed E-state index contributed by atoms with van der Waals surface area (Å²) in [5.74, 6) is 0.202. The van der Waals surface area contributed by atoms with Gasteiger partial charge in [0, 0.05) is 23.6 Å². The van der Waals surface area contributed by atoms with Crippen LogP contribution in [-0.4, -0.2) is 30.8 Å². The average Bonchev–Trinajstić information content (AvgIpc) is 2.81. The van der Waals surface area contributed by atoms with Crippen molar-refractivity contribution in [2.24, 2.45) is 0 Å². The lowest BCUT2D eigenvalue weighted by molar-refractivity contribution is -0.131. The van der Waals surface area contributed by atoms with E-state index in [0.717, 1.165) is 22.2 Å². The number of nitrogens with one attached hydrogen (secondary N) is 2. The number of H-pyrrole nitrogens is 1. The number of amides is 1. The van der Waals surface area contributed by atoms with Crippen LogP contribution in [0.3, 0.4) is 0 Å². The Labute approximate surface area is 104 Å². The Morgan fingerprint density at radius 2 is 2.33 bits per heavy atom. The van der Waals surface area contributed by atoms with Crippen molar-refractivity contribution in [3.63, 3.8) is 0 Å². The van der Waals surface area contributed by atoms with Gasteiger partial charge in [0.25, 0.3) is 5.91 Å². The number of aldehydes is 1. The highest BCUT2D eigenvalue weighted by Gasteiger charge is 2.05. The molecule has 2 aromatic rings. The van der Waals surface area contributed by atoms with Crippen molar-refractivity contribution >= 4 is 23.1 Å². The number of benzene rings is 1. The fraction of sp³-hybridized carbons (Fsp3) is 0.231. The number of aromatic amines is 1. The maximum atomic E-state index is 10.8. The highest BCUT2D eigenvalue weighted by molar-refractivity contribution is 6.23. The number of methoxy groups -OCH3 is 1. The topological polar surface area (TPSA) is 71.2 Å². The van der Waals surface area contributed by atoms with Crippen LogP contribution in [0.5, 0.6) is 5.75 Å². The molecule has 1 aromatic carbocycles. The minimum Gasteiger partial charge on any atom is -0.497 e. The third-order valence-corrected chi connectivity index (χ3v) is 2.78. The van der Waals surface area contributed by atoms with Crippen LogP contribution in [0.15, 0.2) is 24.4 Å². The van der Waals surface area contributed by atoms with Crippen LogP contribution in [-0.2, 0) is 16.0 Å². The predicted octanol–water partition coefficient (Wildman–Crippen LogP) is 1.03. The Hall–Kier alpha value is -2.30. The van der Waals surface area contributed by atoms with Crippen LogP contribution >= 0.6 is 0 Å². The van der Waals surface area contributed by atoms with Crippen molar-refractivity contribution in [1.82, 2.24) is 10.3 Å². The van der Waals surface area contributed by atoms with E-state index < -0.39 is 5.91 Å². The molecule has 2 N–H and O–H groups in total. The molecule has 0 fully saturated rings. The van der Waals surface area contributed by atoms with Crippen LogP contribution in [0.25, 0.3) is 10.9 Å². The maximum absolute atomic E-state index is 10.8. The summed E-state index contributed by atoms with van der Waals surface area (Å²) in [6, 6.07) is 5.78. The van der Waals surface area contributed by atoms with Gasteiger partial charge in [-0.3, -0.25) is 9.59 Å². The second-order valence-corrected chi connectivity index (χ2v) is 3.88. The van der Waals surface area contributed by atoms with E-state index >= 15 is 0 Å². The van der Waals surface area contributed by atoms with E-state index in [0.29, 0.717) is 13.0 Å². The first kappa shape index (κ1) is 12.2. The van der Waals surface area contributed by atoms with Gasteiger partial charge in [0.1, 0.15) is 5.75 Å². The fourth-order valence-electron chi connectivity index (χ4n) is 1.85. The summed E-state index contributed by atoms with van der Waals surface area (Å²) in [7, 11) is 1.62. The molecule has 0 radical (unpaired) electrons. The van der Waals surface area contributed by atoms with E-state index in [1.807, 2.05) is 24.4 Å². The molecular weight excluding hydrogens is 232 g/mol. The van der Waals surface area contributed by atoms with Gasteiger partial charge < -0.3 is 15.0 Å². The molecule has 5 nitrogen and oxygen atoms in total. The molecule has 0 atom stereocenters. The minimum atomic E-state index is -0.590. The molecule has 0 bridgehead atoms. The maximum Gasteiger partial charge on any atom is 0.284 e. The molecule has 0 unspecified atom stereocenters. The molecule has 18 heavy (non-hydrogen) atoms. The molecular formula is C13H14N2O3. The van der Waals surface area contributed by atoms with Crippen molar-refractivity contribution in [1.29, 1.82) is 0 Å². The van der Waals surface area contributed by atoms with Gasteiger partial charge in [-0.1, -0.05) is 0 Å². The lowest BCUT2D eigenvalue weighted by atomic mass is 10.1. The summed E-state index contributed by atoms with van der Waals surface area (Å²) < 4.78 is 5.18. The van der Waals surface area contributed by atoms with Gasteiger partial charge in [0.15, 0.2) is 0 Å². The molecule has 0 saturated carbocycles. The van der Waals surface area contributed by atoms with Crippen LogP contribution in [0.4, 0.5) is 0 Å². The first-order valence-corrected chi connectivity index (χ1v) is 5.61. The lowest BCUT2D eigenvalue weighted by Crippen LogP contribution is -2.26. The van der Waals surface area contributed by atoms with Crippen LogP contribution in [0.1, 0.15) is 5.56 Å². The third-order valence-electron chi connectivity index (χ3n) is 2.78. The van der Waals surface area contributed by atoms with Crippen LogP contribution in [0.2, 0.25) is 0 Å². The number of hydrogen-bond acceptors (Lipinski definition) is 3. The largest absolute Gasteiger partial charge is 0.497 e. The van der Waals surface area contributed by atoms with Crippen molar-refractivity contribution in [3.8, 4) is 5.75 Å². The second kappa shape index (κ2) is 5.35. The van der Waals surface area contributed by atoms with Gasteiger partial charge in [0.05, 0.1) is 7.11 Å². The highest BCUT2D eigenvalue weighted by atomic mass is 16.5. The zero-order chi connectivity index (χ0) is 13.0. The Morgan fingerprint density at radius 3 is 3.06 bits per heavy atom. The summed E-state index contributed by atoms with van der Waals surface area (Å²) in [6.45, 7) is 0.432. The van der Waals surface area contributed by atoms with E-state index in [1.165, 1.54) is 0 Å². The Morgan fingerprint density at radius 1 is 1.50 bits per heavy atom. The summed E-state index contributed by atoms with van der Waals surface area (Å²) in [5.41, 5.74) is 2.10. The van der Waals surface area contributed by atoms with Crippen LogP contribution in [0, 0.1) is 0 Å². The average molecular weight is 246 g/mol. The van der Waals surface area contributed by atoms with Gasteiger partial charge in [0.2, 0.25) is 6.29 Å². The Bertz CT molecular complexity index is 575. The lowest BCUT2D eigenvalue weighted by Gasteiger charge is -2.02. The summed E-state index contributed by atoms with van der Waals surface area (Å²) in [5, 5.41) is 3.58. The number of rotatable bonds is 5. The van der Waals surface area contributed by atoms with Crippen molar-refractivity contribution in [2.75, 3.05) is 13.7 Å². The number of fused-ring (bicyclic) bond motifs is 1. The highest BCUT2D eigenvalue weighted by Crippen LogP contribution is 2.23. The van der Waals surface area contributed by atoms with Gasteiger partial charge in [-0.2, -0.15) is 0 Å². The zero-order valence-corrected chi connectivity index (χ0v) is 10.0. The fourth-order valence-corrected chi connectivity index (χ4v) is 1.85. The minimum absolute atomic E-state index is 0.276. The molecule has 0 saturated heterocycles. The van der Waals surface area contributed by atoms with Crippen LogP contribution < -0.4 is 10.1 Å². The van der Waals surface area contributed by atoms with Crippen molar-refractivity contribution in [3.05, 3.63) is 30.0 Å². The number of aromatic nitrogens is 1. The molecule has 0 aliphatic rings. The van der Waals surface area contributed by atoms with Gasteiger partial charge in [-0.05, 0) is 30.2 Å². The Kier molecular flexibility index (Phi) is 3.62. The smallest absolute Gasteiger partial charge is 0.284 e. The zero-order valence-electron chi connectivity index (χ0n) is 10.0. The van der Waals surface area contributed by atoms with Gasteiger partial charge >= 0.3 is 0 Å². The Balaban J connectivity index is 2.12. The number of carbonyl (C=O) groups excluding carboxylic acids is 2. The number of ether oxygens (including phenoxy) is 1.